The number of aryl methyl sites for hydroxylation is 1. The number of carbonyl (C=O) groups is 1. The molecule has 2 N–H and O–H groups in total. The number of methoxy groups -OCH3 is 1. The van der Waals surface area contributed by atoms with Crippen molar-refractivity contribution in [1.82, 2.24) is 4.90 Å². The molecule has 1 rings (SSSR count). The number of hydrogen-bond acceptors (Lipinski definition) is 3. The number of carbonyl (C=O) groups excluding carboxylic acids is 1. The van der Waals surface area contributed by atoms with Crippen LogP contribution in [0, 0.1) is 0 Å². The highest BCUT2D eigenvalue weighted by atomic mass is 16.5. The van der Waals surface area contributed by atoms with Gasteiger partial charge in [0.1, 0.15) is 0 Å². The lowest BCUT2D eigenvalue weighted by atomic mass is 10.1. The van der Waals surface area contributed by atoms with Crippen molar-refractivity contribution >= 4 is 11.6 Å². The summed E-state index contributed by atoms with van der Waals surface area (Å²) in [6, 6.07) is 8.03. The summed E-state index contributed by atoms with van der Waals surface area (Å²) in [5, 5.41) is 0. The van der Waals surface area contributed by atoms with E-state index in [-0.39, 0.29) is 5.91 Å². The largest absolute Gasteiger partial charge is 0.399 e. The van der Waals surface area contributed by atoms with Crippen molar-refractivity contribution in [2.24, 2.45) is 0 Å². The number of nitrogens with two attached hydrogens (primary N) is 1. The van der Waals surface area contributed by atoms with Crippen LogP contribution in [0.25, 0.3) is 0 Å². The van der Waals surface area contributed by atoms with E-state index in [1.54, 1.807) is 7.11 Å². The van der Waals surface area contributed by atoms with Gasteiger partial charge in [-0.3, -0.25) is 4.79 Å². The molecule has 1 aromatic carbocycles. The lowest BCUT2D eigenvalue weighted by molar-refractivity contribution is -0.134. The Morgan fingerprint density at radius 2 is 1.86 bits per heavy atom. The first-order chi connectivity index (χ1) is 10.1. The number of nitrogen functional groups attached to an aromatic ring is 1. The van der Waals surface area contributed by atoms with Gasteiger partial charge in [-0.15, -0.1) is 0 Å². The summed E-state index contributed by atoms with van der Waals surface area (Å²) in [6.45, 7) is 5.51. The molecule has 0 spiro atoms. The maximum atomic E-state index is 12.5. The maximum Gasteiger partial charge on any atom is 0.223 e. The fraction of sp³-hybridized carbons (Fsp3) is 0.588. The van der Waals surface area contributed by atoms with Gasteiger partial charge in [-0.25, -0.2) is 0 Å². The Morgan fingerprint density at radius 3 is 2.38 bits per heavy atom. The predicted molar refractivity (Wildman–Crippen MR) is 87.1 cm³/mol. The first-order valence-corrected chi connectivity index (χ1v) is 7.75. The Kier molecular flexibility index (Phi) is 7.83. The van der Waals surface area contributed by atoms with Crippen LogP contribution in [0.5, 0.6) is 0 Å². The minimum absolute atomic E-state index is 0.206. The number of ether oxygens (including phenoxy) is 1. The van der Waals surface area contributed by atoms with Gasteiger partial charge in [0.05, 0.1) is 6.61 Å². The highest BCUT2D eigenvalue weighted by Crippen LogP contribution is 2.13. The highest BCUT2D eigenvalue weighted by Gasteiger charge is 2.20. The van der Waals surface area contributed by atoms with E-state index in [0.29, 0.717) is 25.6 Å². The van der Waals surface area contributed by atoms with E-state index in [2.05, 4.69) is 13.8 Å². The van der Waals surface area contributed by atoms with E-state index in [1.165, 1.54) is 0 Å². The van der Waals surface area contributed by atoms with Gasteiger partial charge in [0.15, 0.2) is 0 Å². The molecule has 0 saturated heterocycles. The molecule has 0 fully saturated rings. The molecule has 0 atom stereocenters. The average molecular weight is 292 g/mol. The van der Waals surface area contributed by atoms with Crippen LogP contribution < -0.4 is 5.73 Å². The molecule has 0 aromatic heterocycles. The van der Waals surface area contributed by atoms with Crippen LogP contribution in [0.4, 0.5) is 5.69 Å². The van der Waals surface area contributed by atoms with E-state index >= 15 is 0 Å². The normalized spacial score (nSPS) is 10.9. The Hall–Kier alpha value is -1.55. The van der Waals surface area contributed by atoms with Crippen LogP contribution in [0.3, 0.4) is 0 Å². The average Bonchev–Trinajstić information content (AvgIpc) is 2.50. The molecule has 0 aliphatic carbocycles. The SMILES string of the molecule is CCC(CC)N(CCOC)C(=O)CCc1ccc(N)cc1. The molecular formula is C17H28N2O2. The van der Waals surface area contributed by atoms with E-state index in [0.717, 1.165) is 30.5 Å². The summed E-state index contributed by atoms with van der Waals surface area (Å²) in [7, 11) is 1.67. The Balaban J connectivity index is 2.60. The van der Waals surface area contributed by atoms with Crippen LogP contribution >= 0.6 is 0 Å². The second kappa shape index (κ2) is 9.40. The molecule has 0 heterocycles. The number of hydrogen-bond donors (Lipinski definition) is 1. The molecule has 1 amide bonds. The third-order valence-electron chi connectivity index (χ3n) is 3.85. The van der Waals surface area contributed by atoms with Crippen molar-refractivity contribution < 1.29 is 9.53 Å². The van der Waals surface area contributed by atoms with Gasteiger partial charge < -0.3 is 15.4 Å². The predicted octanol–water partition coefficient (Wildman–Crippen LogP) is 2.87. The maximum absolute atomic E-state index is 12.5. The van der Waals surface area contributed by atoms with Gasteiger partial charge in [0, 0.05) is 31.8 Å². The third-order valence-corrected chi connectivity index (χ3v) is 3.85. The number of anilines is 1. The first kappa shape index (κ1) is 17.5. The van der Waals surface area contributed by atoms with Gasteiger partial charge >= 0.3 is 0 Å². The molecule has 0 unspecified atom stereocenters. The summed E-state index contributed by atoms with van der Waals surface area (Å²) in [4.78, 5) is 14.5. The molecule has 0 bridgehead atoms. The third kappa shape index (κ3) is 5.76. The molecule has 0 aliphatic rings. The monoisotopic (exact) mass is 292 g/mol. The molecule has 21 heavy (non-hydrogen) atoms. The Bertz CT molecular complexity index is 413. The first-order valence-electron chi connectivity index (χ1n) is 7.75. The van der Waals surface area contributed by atoms with Crippen molar-refractivity contribution in [2.45, 2.75) is 45.6 Å². The standard InChI is InChI=1S/C17H28N2O2/c1-4-16(5-2)19(12-13-21-3)17(20)11-8-14-6-9-15(18)10-7-14/h6-7,9-10,16H,4-5,8,11-13,18H2,1-3H3. The quantitative estimate of drug-likeness (QED) is 0.712. The van der Waals surface area contributed by atoms with E-state index in [9.17, 15) is 4.79 Å². The fourth-order valence-corrected chi connectivity index (χ4v) is 2.51. The number of amides is 1. The zero-order chi connectivity index (χ0) is 15.7. The molecule has 4 nitrogen and oxygen atoms in total. The van der Waals surface area contributed by atoms with Crippen molar-refractivity contribution in [3.8, 4) is 0 Å². The van der Waals surface area contributed by atoms with Crippen LogP contribution in [0.1, 0.15) is 38.7 Å². The zero-order valence-electron chi connectivity index (χ0n) is 13.5. The topological polar surface area (TPSA) is 55.6 Å². The minimum atomic E-state index is 0.206. The fourth-order valence-electron chi connectivity index (χ4n) is 2.51. The number of nitrogens with zero attached hydrogens (tertiary/aromatic N) is 1. The summed E-state index contributed by atoms with van der Waals surface area (Å²) in [5.41, 5.74) is 7.57. The molecule has 0 saturated carbocycles. The van der Waals surface area contributed by atoms with E-state index in [1.807, 2.05) is 29.2 Å². The summed E-state index contributed by atoms with van der Waals surface area (Å²) in [6.07, 6.45) is 3.24. The van der Waals surface area contributed by atoms with E-state index < -0.39 is 0 Å². The molecular weight excluding hydrogens is 264 g/mol. The number of rotatable bonds is 9. The molecule has 118 valence electrons. The molecule has 0 aliphatic heterocycles. The molecule has 4 heteroatoms. The lowest BCUT2D eigenvalue weighted by Gasteiger charge is -2.30. The molecule has 0 radical (unpaired) electrons. The van der Waals surface area contributed by atoms with Gasteiger partial charge in [-0.1, -0.05) is 26.0 Å². The Labute approximate surface area is 128 Å². The number of benzene rings is 1. The summed E-state index contributed by atoms with van der Waals surface area (Å²) in [5.74, 6) is 0.206. The van der Waals surface area contributed by atoms with E-state index in [4.69, 9.17) is 10.5 Å². The van der Waals surface area contributed by atoms with Crippen LogP contribution in [-0.4, -0.2) is 37.1 Å². The summed E-state index contributed by atoms with van der Waals surface area (Å²) >= 11 is 0. The highest BCUT2D eigenvalue weighted by molar-refractivity contribution is 5.76. The lowest BCUT2D eigenvalue weighted by Crippen LogP contribution is -2.41. The summed E-state index contributed by atoms with van der Waals surface area (Å²) < 4.78 is 5.13. The minimum Gasteiger partial charge on any atom is -0.399 e. The van der Waals surface area contributed by atoms with Crippen LogP contribution in [0.2, 0.25) is 0 Å². The van der Waals surface area contributed by atoms with Crippen molar-refractivity contribution in [1.29, 1.82) is 0 Å². The smallest absolute Gasteiger partial charge is 0.223 e. The van der Waals surface area contributed by atoms with Gasteiger partial charge in [0.2, 0.25) is 5.91 Å². The zero-order valence-corrected chi connectivity index (χ0v) is 13.5. The van der Waals surface area contributed by atoms with Crippen molar-refractivity contribution in [3.63, 3.8) is 0 Å². The van der Waals surface area contributed by atoms with Crippen molar-refractivity contribution in [2.75, 3.05) is 26.0 Å². The van der Waals surface area contributed by atoms with Gasteiger partial charge in [-0.05, 0) is 37.0 Å². The second-order valence-electron chi connectivity index (χ2n) is 5.29. The van der Waals surface area contributed by atoms with Crippen molar-refractivity contribution in [3.05, 3.63) is 29.8 Å². The second-order valence-corrected chi connectivity index (χ2v) is 5.29. The van der Waals surface area contributed by atoms with Crippen LogP contribution in [0.15, 0.2) is 24.3 Å². The molecule has 1 aromatic rings. The van der Waals surface area contributed by atoms with Crippen LogP contribution in [-0.2, 0) is 16.0 Å². The Morgan fingerprint density at radius 1 is 1.24 bits per heavy atom. The van der Waals surface area contributed by atoms with Gasteiger partial charge in [-0.2, -0.15) is 0 Å². The van der Waals surface area contributed by atoms with Gasteiger partial charge in [0.25, 0.3) is 0 Å².